The Morgan fingerprint density at radius 3 is 2.58 bits per heavy atom. The van der Waals surface area contributed by atoms with Crippen molar-refractivity contribution >= 4 is 8.07 Å². The molecule has 0 amide bonds. The van der Waals surface area contributed by atoms with Gasteiger partial charge in [-0.2, -0.15) is 13.2 Å². The molecule has 0 saturated heterocycles. The Balaban J connectivity index is 2.11. The zero-order valence-corrected chi connectivity index (χ0v) is 16.1. The molecular weight excluding hydrogens is 366 g/mol. The van der Waals surface area contributed by atoms with E-state index in [9.17, 15) is 17.6 Å². The molecule has 26 heavy (non-hydrogen) atoms. The van der Waals surface area contributed by atoms with Crippen LogP contribution in [0.15, 0.2) is 24.7 Å². The van der Waals surface area contributed by atoms with Crippen molar-refractivity contribution in [2.45, 2.75) is 51.4 Å². The molecule has 0 N–H and O–H groups in total. The predicted molar refractivity (Wildman–Crippen MR) is 93.1 cm³/mol. The van der Waals surface area contributed by atoms with Crippen molar-refractivity contribution in [2.75, 3.05) is 6.61 Å². The van der Waals surface area contributed by atoms with Crippen molar-refractivity contribution in [3.05, 3.63) is 47.6 Å². The SMILES string of the molecule is C[Si](C)(C)CCOCn1cc(Cc2ccncc2F)nc1CC(F)(F)F. The molecule has 0 aromatic carbocycles. The number of hydrogen-bond acceptors (Lipinski definition) is 3. The first-order chi connectivity index (χ1) is 12.0. The van der Waals surface area contributed by atoms with Gasteiger partial charge < -0.3 is 9.30 Å². The fourth-order valence-corrected chi connectivity index (χ4v) is 3.07. The predicted octanol–water partition coefficient (Wildman–Crippen LogP) is 4.43. The minimum atomic E-state index is -4.37. The highest BCUT2D eigenvalue weighted by molar-refractivity contribution is 6.76. The first kappa shape index (κ1) is 20.6. The van der Waals surface area contributed by atoms with Crippen molar-refractivity contribution in [3.8, 4) is 0 Å². The second-order valence-corrected chi connectivity index (χ2v) is 13.0. The number of rotatable bonds is 8. The molecule has 0 spiro atoms. The smallest absolute Gasteiger partial charge is 0.361 e. The zero-order chi connectivity index (χ0) is 19.4. The number of pyridine rings is 1. The lowest BCUT2D eigenvalue weighted by molar-refractivity contribution is -0.129. The van der Waals surface area contributed by atoms with E-state index in [0.717, 1.165) is 12.2 Å². The van der Waals surface area contributed by atoms with E-state index in [4.69, 9.17) is 4.74 Å². The van der Waals surface area contributed by atoms with Gasteiger partial charge in [0.05, 0.1) is 11.9 Å². The molecule has 2 aromatic heterocycles. The quantitative estimate of drug-likeness (QED) is 0.381. The fourth-order valence-electron chi connectivity index (χ4n) is 2.31. The van der Waals surface area contributed by atoms with E-state index >= 15 is 0 Å². The number of halogens is 4. The van der Waals surface area contributed by atoms with Crippen LogP contribution in [0.1, 0.15) is 17.1 Å². The summed E-state index contributed by atoms with van der Waals surface area (Å²) in [7, 11) is -1.28. The van der Waals surface area contributed by atoms with Crippen LogP contribution in [0.25, 0.3) is 0 Å². The van der Waals surface area contributed by atoms with Crippen LogP contribution in [0.3, 0.4) is 0 Å². The number of aromatic nitrogens is 3. The standard InChI is InChI=1S/C17H23F4N3OSi/c1-26(2,3)7-6-25-12-24-11-14(23-16(24)9-17(19,20)21)8-13-4-5-22-10-15(13)18/h4-5,10-11H,6-9,12H2,1-3H3. The number of alkyl halides is 3. The molecule has 2 rings (SSSR count). The van der Waals surface area contributed by atoms with E-state index in [1.165, 1.54) is 23.0 Å². The molecule has 0 aliphatic carbocycles. The molecule has 2 heterocycles. The van der Waals surface area contributed by atoms with Gasteiger partial charge in [-0.3, -0.25) is 4.98 Å². The largest absolute Gasteiger partial charge is 0.396 e. The zero-order valence-electron chi connectivity index (χ0n) is 15.1. The van der Waals surface area contributed by atoms with E-state index in [2.05, 4.69) is 29.6 Å². The monoisotopic (exact) mass is 389 g/mol. The molecule has 4 nitrogen and oxygen atoms in total. The van der Waals surface area contributed by atoms with Gasteiger partial charge in [-0.15, -0.1) is 0 Å². The number of imidazole rings is 1. The third kappa shape index (κ3) is 6.87. The van der Waals surface area contributed by atoms with Crippen LogP contribution in [-0.4, -0.2) is 35.4 Å². The summed E-state index contributed by atoms with van der Waals surface area (Å²) in [5, 5.41) is 0. The van der Waals surface area contributed by atoms with Gasteiger partial charge in [0.25, 0.3) is 0 Å². The number of nitrogens with zero attached hydrogens (tertiary/aromatic N) is 3. The van der Waals surface area contributed by atoms with Crippen LogP contribution in [0, 0.1) is 5.82 Å². The Morgan fingerprint density at radius 1 is 1.23 bits per heavy atom. The number of ether oxygens (including phenoxy) is 1. The van der Waals surface area contributed by atoms with E-state index in [1.807, 2.05) is 0 Å². The van der Waals surface area contributed by atoms with Gasteiger partial charge in [0.2, 0.25) is 0 Å². The van der Waals surface area contributed by atoms with Crippen LogP contribution in [-0.2, 0) is 24.3 Å². The molecule has 0 aliphatic heterocycles. The normalized spacial score (nSPS) is 12.6. The van der Waals surface area contributed by atoms with Crippen LogP contribution in [0.4, 0.5) is 17.6 Å². The average Bonchev–Trinajstić information content (AvgIpc) is 2.85. The van der Waals surface area contributed by atoms with Crippen LogP contribution < -0.4 is 0 Å². The minimum Gasteiger partial charge on any atom is -0.361 e. The minimum absolute atomic E-state index is 0.00171. The molecule has 0 atom stereocenters. The van der Waals surface area contributed by atoms with Gasteiger partial charge in [-0.05, 0) is 17.7 Å². The summed E-state index contributed by atoms with van der Waals surface area (Å²) in [4.78, 5) is 7.71. The first-order valence-electron chi connectivity index (χ1n) is 8.31. The molecule has 0 bridgehead atoms. The summed E-state index contributed by atoms with van der Waals surface area (Å²) in [6.07, 6.45) is -1.42. The lowest BCUT2D eigenvalue weighted by atomic mass is 10.1. The average molecular weight is 389 g/mol. The second-order valence-electron chi connectivity index (χ2n) is 7.40. The first-order valence-corrected chi connectivity index (χ1v) is 12.0. The maximum atomic E-state index is 13.7. The second kappa shape index (κ2) is 8.30. The van der Waals surface area contributed by atoms with Crippen LogP contribution in [0.5, 0.6) is 0 Å². The van der Waals surface area contributed by atoms with Gasteiger partial charge in [-0.1, -0.05) is 19.6 Å². The summed E-state index contributed by atoms with van der Waals surface area (Å²) in [6, 6.07) is 2.41. The highest BCUT2D eigenvalue weighted by atomic mass is 28.3. The molecule has 0 radical (unpaired) electrons. The third-order valence-electron chi connectivity index (χ3n) is 3.72. The molecule has 0 fully saturated rings. The Labute approximate surface area is 151 Å². The van der Waals surface area contributed by atoms with E-state index in [-0.39, 0.29) is 19.0 Å². The van der Waals surface area contributed by atoms with Crippen molar-refractivity contribution in [3.63, 3.8) is 0 Å². The molecule has 9 heteroatoms. The van der Waals surface area contributed by atoms with Gasteiger partial charge >= 0.3 is 6.18 Å². The third-order valence-corrected chi connectivity index (χ3v) is 5.43. The summed E-state index contributed by atoms with van der Waals surface area (Å²) < 4.78 is 59.0. The molecule has 2 aromatic rings. The van der Waals surface area contributed by atoms with E-state index in [1.54, 1.807) is 0 Å². The van der Waals surface area contributed by atoms with Crippen molar-refractivity contribution in [2.24, 2.45) is 0 Å². The van der Waals surface area contributed by atoms with Gasteiger partial charge in [-0.25, -0.2) is 9.37 Å². The molecule has 0 unspecified atom stereocenters. The molecule has 0 aliphatic rings. The Bertz CT molecular complexity index is 726. The van der Waals surface area contributed by atoms with Crippen LogP contribution in [0.2, 0.25) is 25.7 Å². The highest BCUT2D eigenvalue weighted by Gasteiger charge is 2.30. The number of hydrogen-bond donors (Lipinski definition) is 0. The lowest BCUT2D eigenvalue weighted by Crippen LogP contribution is -2.22. The Hall–Kier alpha value is -1.74. The van der Waals surface area contributed by atoms with Crippen LogP contribution >= 0.6 is 0 Å². The summed E-state index contributed by atoms with van der Waals surface area (Å²) in [6.45, 7) is 7.09. The van der Waals surface area contributed by atoms with Gasteiger partial charge in [0, 0.05) is 33.5 Å². The molecular formula is C17H23F4N3OSi. The Kier molecular flexibility index (Phi) is 6.57. The molecule has 0 saturated carbocycles. The van der Waals surface area contributed by atoms with Gasteiger partial charge in [0.1, 0.15) is 24.8 Å². The topological polar surface area (TPSA) is 39.9 Å². The maximum absolute atomic E-state index is 13.7. The highest BCUT2D eigenvalue weighted by Crippen LogP contribution is 2.22. The lowest BCUT2D eigenvalue weighted by Gasteiger charge is -2.16. The summed E-state index contributed by atoms with van der Waals surface area (Å²) in [5.74, 6) is -0.638. The van der Waals surface area contributed by atoms with Crippen molar-refractivity contribution in [1.29, 1.82) is 0 Å². The molecule has 144 valence electrons. The summed E-state index contributed by atoms with van der Waals surface area (Å²) >= 11 is 0. The maximum Gasteiger partial charge on any atom is 0.396 e. The van der Waals surface area contributed by atoms with Gasteiger partial charge in [0.15, 0.2) is 0 Å². The van der Waals surface area contributed by atoms with Crippen molar-refractivity contribution < 1.29 is 22.3 Å². The van der Waals surface area contributed by atoms with E-state index < -0.39 is 26.5 Å². The Morgan fingerprint density at radius 2 is 1.96 bits per heavy atom. The fraction of sp³-hybridized carbons (Fsp3) is 0.529. The van der Waals surface area contributed by atoms with E-state index in [0.29, 0.717) is 17.9 Å². The summed E-state index contributed by atoms with van der Waals surface area (Å²) in [5.41, 5.74) is 0.700. The van der Waals surface area contributed by atoms with Crippen molar-refractivity contribution in [1.82, 2.24) is 14.5 Å².